The molecule has 3 rings (SSSR count). The minimum atomic E-state index is 0.595. The Kier molecular flexibility index (Phi) is 1.31. The molecule has 2 bridgehead atoms. The van der Waals surface area contributed by atoms with Crippen molar-refractivity contribution < 1.29 is 0 Å². The fraction of sp³-hybridized carbons (Fsp3) is 0.500. The maximum Gasteiger partial charge on any atom is 0.0733 e. The van der Waals surface area contributed by atoms with Gasteiger partial charge in [0, 0.05) is 5.92 Å². The van der Waals surface area contributed by atoms with E-state index in [0.29, 0.717) is 11.8 Å². The standard InChI is InChI=1S/C10H13N3/c11-9-5-12-13-10(9)8-4-6-1-2-7(8)3-6/h1-2,5-8H,3-4,11H2,(H,12,13). The first-order valence-corrected chi connectivity index (χ1v) is 4.81. The number of nitrogens with one attached hydrogen (secondary N) is 1. The highest BCUT2D eigenvalue weighted by Gasteiger charge is 2.37. The van der Waals surface area contributed by atoms with Gasteiger partial charge in [-0.3, -0.25) is 5.10 Å². The molecule has 68 valence electrons. The fourth-order valence-electron chi connectivity index (χ4n) is 2.72. The van der Waals surface area contributed by atoms with Gasteiger partial charge in [-0.1, -0.05) is 12.2 Å². The zero-order valence-corrected chi connectivity index (χ0v) is 7.40. The van der Waals surface area contributed by atoms with Crippen molar-refractivity contribution in [1.82, 2.24) is 10.2 Å². The highest BCUT2D eigenvalue weighted by molar-refractivity contribution is 5.44. The molecule has 3 N–H and O–H groups in total. The van der Waals surface area contributed by atoms with E-state index in [2.05, 4.69) is 22.3 Å². The lowest BCUT2D eigenvalue weighted by Crippen LogP contribution is -2.07. The molecule has 2 aliphatic carbocycles. The van der Waals surface area contributed by atoms with E-state index < -0.39 is 0 Å². The van der Waals surface area contributed by atoms with Crippen LogP contribution in [0.25, 0.3) is 0 Å². The van der Waals surface area contributed by atoms with Gasteiger partial charge in [-0.2, -0.15) is 5.10 Å². The smallest absolute Gasteiger partial charge is 0.0733 e. The zero-order valence-electron chi connectivity index (χ0n) is 7.40. The first-order chi connectivity index (χ1) is 6.34. The average Bonchev–Trinajstić information content (AvgIpc) is 2.77. The second-order valence-corrected chi connectivity index (χ2v) is 4.13. The predicted octanol–water partition coefficient (Wildman–Crippen LogP) is 1.67. The minimum Gasteiger partial charge on any atom is -0.396 e. The Morgan fingerprint density at radius 3 is 2.85 bits per heavy atom. The van der Waals surface area contributed by atoms with Crippen LogP contribution in [0.5, 0.6) is 0 Å². The van der Waals surface area contributed by atoms with Gasteiger partial charge in [0.25, 0.3) is 0 Å². The van der Waals surface area contributed by atoms with Crippen LogP contribution >= 0.6 is 0 Å². The monoisotopic (exact) mass is 175 g/mol. The SMILES string of the molecule is Nc1cn[nH]c1C1CC2C=CC1C2. The molecule has 0 aliphatic heterocycles. The normalized spacial score (nSPS) is 35.8. The predicted molar refractivity (Wildman–Crippen MR) is 51.1 cm³/mol. The molecule has 1 aromatic rings. The molecule has 0 saturated heterocycles. The molecule has 3 heteroatoms. The molecule has 3 nitrogen and oxygen atoms in total. The average molecular weight is 175 g/mol. The molecule has 1 heterocycles. The maximum absolute atomic E-state index is 5.83. The van der Waals surface area contributed by atoms with Gasteiger partial charge in [0.2, 0.25) is 0 Å². The van der Waals surface area contributed by atoms with E-state index in [0.717, 1.165) is 17.3 Å². The molecule has 13 heavy (non-hydrogen) atoms. The second-order valence-electron chi connectivity index (χ2n) is 4.13. The van der Waals surface area contributed by atoms with E-state index in [1.54, 1.807) is 6.20 Å². The van der Waals surface area contributed by atoms with Crippen LogP contribution in [0.2, 0.25) is 0 Å². The van der Waals surface area contributed by atoms with Crippen LogP contribution in [0.4, 0.5) is 5.69 Å². The first-order valence-electron chi connectivity index (χ1n) is 4.81. The van der Waals surface area contributed by atoms with E-state index in [4.69, 9.17) is 5.73 Å². The third kappa shape index (κ3) is 0.930. The molecule has 2 aliphatic rings. The van der Waals surface area contributed by atoms with Crippen LogP contribution < -0.4 is 5.73 Å². The number of allylic oxidation sites excluding steroid dienone is 2. The number of nitrogens with zero attached hydrogens (tertiary/aromatic N) is 1. The molecular weight excluding hydrogens is 162 g/mol. The topological polar surface area (TPSA) is 54.7 Å². The Morgan fingerprint density at radius 1 is 1.38 bits per heavy atom. The molecule has 1 aromatic heterocycles. The summed E-state index contributed by atoms with van der Waals surface area (Å²) in [6.07, 6.45) is 8.94. The van der Waals surface area contributed by atoms with E-state index in [-0.39, 0.29) is 0 Å². The number of fused-ring (bicyclic) bond motifs is 2. The number of hydrogen-bond acceptors (Lipinski definition) is 2. The van der Waals surface area contributed by atoms with Gasteiger partial charge in [-0.15, -0.1) is 0 Å². The molecule has 3 unspecified atom stereocenters. The summed E-state index contributed by atoms with van der Waals surface area (Å²) in [7, 11) is 0. The fourth-order valence-corrected chi connectivity index (χ4v) is 2.72. The highest BCUT2D eigenvalue weighted by Crippen LogP contribution is 2.49. The third-order valence-corrected chi connectivity index (χ3v) is 3.35. The Balaban J connectivity index is 1.96. The van der Waals surface area contributed by atoms with Crippen molar-refractivity contribution in [2.75, 3.05) is 5.73 Å². The lowest BCUT2D eigenvalue weighted by molar-refractivity contribution is 0.570. The van der Waals surface area contributed by atoms with Crippen LogP contribution in [0.3, 0.4) is 0 Å². The number of hydrogen-bond donors (Lipinski definition) is 2. The van der Waals surface area contributed by atoms with Gasteiger partial charge in [0.15, 0.2) is 0 Å². The summed E-state index contributed by atoms with van der Waals surface area (Å²) in [4.78, 5) is 0. The summed E-state index contributed by atoms with van der Waals surface area (Å²) in [5.41, 5.74) is 7.81. The largest absolute Gasteiger partial charge is 0.396 e. The van der Waals surface area contributed by atoms with Gasteiger partial charge < -0.3 is 5.73 Å². The van der Waals surface area contributed by atoms with Gasteiger partial charge in [-0.25, -0.2) is 0 Å². The molecule has 0 spiro atoms. The summed E-state index contributed by atoms with van der Waals surface area (Å²) >= 11 is 0. The number of aromatic amines is 1. The summed E-state index contributed by atoms with van der Waals surface area (Å²) in [6.45, 7) is 0. The Morgan fingerprint density at radius 2 is 2.31 bits per heavy atom. The summed E-state index contributed by atoms with van der Waals surface area (Å²) in [5.74, 6) is 2.09. The molecule has 0 amide bonds. The molecular formula is C10H13N3. The number of H-pyrrole nitrogens is 1. The van der Waals surface area contributed by atoms with Crippen molar-refractivity contribution in [1.29, 1.82) is 0 Å². The minimum absolute atomic E-state index is 0.595. The van der Waals surface area contributed by atoms with Gasteiger partial charge >= 0.3 is 0 Å². The molecule has 0 aromatic carbocycles. The van der Waals surface area contributed by atoms with E-state index >= 15 is 0 Å². The molecule has 1 fully saturated rings. The Bertz CT molecular complexity index is 353. The Hall–Kier alpha value is -1.25. The van der Waals surface area contributed by atoms with Crippen LogP contribution in [0.1, 0.15) is 24.5 Å². The van der Waals surface area contributed by atoms with E-state index in [1.165, 1.54) is 12.8 Å². The quantitative estimate of drug-likeness (QED) is 0.638. The Labute approximate surface area is 77.0 Å². The number of aromatic nitrogens is 2. The van der Waals surface area contributed by atoms with Crippen molar-refractivity contribution in [3.8, 4) is 0 Å². The summed E-state index contributed by atoms with van der Waals surface area (Å²) < 4.78 is 0. The molecule has 3 atom stereocenters. The summed E-state index contributed by atoms with van der Waals surface area (Å²) in [5, 5.41) is 7.00. The van der Waals surface area contributed by atoms with Crippen LogP contribution in [-0.4, -0.2) is 10.2 Å². The lowest BCUT2D eigenvalue weighted by Gasteiger charge is -2.16. The van der Waals surface area contributed by atoms with Gasteiger partial charge in [-0.05, 0) is 24.7 Å². The molecule has 0 radical (unpaired) electrons. The van der Waals surface area contributed by atoms with Crippen molar-refractivity contribution in [3.05, 3.63) is 24.0 Å². The molecule has 1 saturated carbocycles. The van der Waals surface area contributed by atoms with Crippen LogP contribution in [0.15, 0.2) is 18.3 Å². The zero-order chi connectivity index (χ0) is 8.84. The number of rotatable bonds is 1. The van der Waals surface area contributed by atoms with Crippen molar-refractivity contribution in [2.45, 2.75) is 18.8 Å². The second kappa shape index (κ2) is 2.37. The van der Waals surface area contributed by atoms with Crippen molar-refractivity contribution >= 4 is 5.69 Å². The summed E-state index contributed by atoms with van der Waals surface area (Å²) in [6, 6.07) is 0. The maximum atomic E-state index is 5.83. The van der Waals surface area contributed by atoms with Gasteiger partial charge in [0.05, 0.1) is 17.6 Å². The van der Waals surface area contributed by atoms with Gasteiger partial charge in [0.1, 0.15) is 0 Å². The van der Waals surface area contributed by atoms with Crippen molar-refractivity contribution in [3.63, 3.8) is 0 Å². The lowest BCUT2D eigenvalue weighted by atomic mass is 9.90. The first kappa shape index (κ1) is 7.18. The van der Waals surface area contributed by atoms with Crippen molar-refractivity contribution in [2.24, 2.45) is 11.8 Å². The van der Waals surface area contributed by atoms with Crippen LogP contribution in [-0.2, 0) is 0 Å². The third-order valence-electron chi connectivity index (χ3n) is 3.35. The number of nitrogen functional groups attached to an aromatic ring is 1. The number of anilines is 1. The van der Waals surface area contributed by atoms with E-state index in [1.807, 2.05) is 0 Å². The number of nitrogens with two attached hydrogens (primary N) is 1. The highest BCUT2D eigenvalue weighted by atomic mass is 15.1. The van der Waals surface area contributed by atoms with E-state index in [9.17, 15) is 0 Å². The van der Waals surface area contributed by atoms with Crippen LogP contribution in [0, 0.1) is 11.8 Å².